The summed E-state index contributed by atoms with van der Waals surface area (Å²) in [6, 6.07) is 13.3. The average Bonchev–Trinajstić information content (AvgIpc) is 2.96. The zero-order valence-electron chi connectivity index (χ0n) is 15.4. The Kier molecular flexibility index (Phi) is 5.44. The van der Waals surface area contributed by atoms with Crippen molar-refractivity contribution >= 4 is 33.3 Å². The number of ether oxygens (including phenoxy) is 1. The second-order valence-electron chi connectivity index (χ2n) is 6.04. The number of hydrogen-bond donors (Lipinski definition) is 1. The van der Waals surface area contributed by atoms with Gasteiger partial charge in [0.05, 0.1) is 40.5 Å². The number of aromatic nitrogens is 2. The monoisotopic (exact) mass is 419 g/mol. The first-order valence-corrected chi connectivity index (χ1v) is 10.1. The van der Waals surface area contributed by atoms with E-state index in [4.69, 9.17) is 11.6 Å². The first-order valence-electron chi connectivity index (χ1n) is 8.27. The number of nitrogens with zero attached hydrogens (tertiary/aromatic N) is 2. The van der Waals surface area contributed by atoms with Gasteiger partial charge in [0.1, 0.15) is 4.90 Å². The van der Waals surface area contributed by atoms with Crippen molar-refractivity contribution in [3.63, 3.8) is 0 Å². The highest BCUT2D eigenvalue weighted by Crippen LogP contribution is 2.29. The number of esters is 1. The van der Waals surface area contributed by atoms with Gasteiger partial charge in [0.25, 0.3) is 10.0 Å². The highest BCUT2D eigenvalue weighted by molar-refractivity contribution is 7.92. The number of carbonyl (C=O) groups is 1. The molecule has 0 bridgehead atoms. The quantitative estimate of drug-likeness (QED) is 0.636. The van der Waals surface area contributed by atoms with E-state index in [9.17, 15) is 13.2 Å². The first-order chi connectivity index (χ1) is 13.2. The van der Waals surface area contributed by atoms with Crippen LogP contribution in [0.3, 0.4) is 0 Å². The first kappa shape index (κ1) is 19.9. The van der Waals surface area contributed by atoms with Crippen LogP contribution in [0.15, 0.2) is 53.4 Å². The Morgan fingerprint density at radius 1 is 1.14 bits per heavy atom. The lowest BCUT2D eigenvalue weighted by atomic mass is 10.2. The van der Waals surface area contributed by atoms with Crippen LogP contribution in [0.25, 0.3) is 5.69 Å². The van der Waals surface area contributed by atoms with Gasteiger partial charge in [-0.3, -0.25) is 4.72 Å². The van der Waals surface area contributed by atoms with Crippen LogP contribution in [-0.4, -0.2) is 31.3 Å². The van der Waals surface area contributed by atoms with Crippen LogP contribution in [0.5, 0.6) is 0 Å². The van der Waals surface area contributed by atoms with Gasteiger partial charge in [-0.25, -0.2) is 17.9 Å². The molecule has 0 saturated carbocycles. The highest BCUT2D eigenvalue weighted by Gasteiger charge is 2.24. The van der Waals surface area contributed by atoms with E-state index in [1.165, 1.54) is 25.3 Å². The van der Waals surface area contributed by atoms with Crippen LogP contribution in [0, 0.1) is 13.8 Å². The lowest BCUT2D eigenvalue weighted by Crippen LogP contribution is -2.15. The van der Waals surface area contributed by atoms with E-state index in [-0.39, 0.29) is 15.5 Å². The molecule has 1 N–H and O–H groups in total. The smallest absolute Gasteiger partial charge is 0.337 e. The molecule has 0 aliphatic carbocycles. The Bertz CT molecular complexity index is 1140. The second kappa shape index (κ2) is 7.65. The summed E-state index contributed by atoms with van der Waals surface area (Å²) in [6.45, 7) is 3.47. The van der Waals surface area contributed by atoms with Gasteiger partial charge in [-0.1, -0.05) is 29.8 Å². The van der Waals surface area contributed by atoms with E-state index in [2.05, 4.69) is 14.6 Å². The number of para-hydroxylation sites is 1. The normalized spacial score (nSPS) is 11.3. The van der Waals surface area contributed by atoms with Crippen LogP contribution < -0.4 is 4.72 Å². The number of benzene rings is 2. The summed E-state index contributed by atoms with van der Waals surface area (Å²) >= 11 is 6.08. The minimum Gasteiger partial charge on any atom is -0.465 e. The Morgan fingerprint density at radius 2 is 1.82 bits per heavy atom. The van der Waals surface area contributed by atoms with E-state index < -0.39 is 16.0 Å². The third-order valence-electron chi connectivity index (χ3n) is 4.17. The van der Waals surface area contributed by atoms with Crippen molar-refractivity contribution < 1.29 is 17.9 Å². The summed E-state index contributed by atoms with van der Waals surface area (Å²) in [6.07, 6.45) is 0. The van der Waals surface area contributed by atoms with Crippen LogP contribution >= 0.6 is 11.6 Å². The Labute approximate surface area is 168 Å². The largest absolute Gasteiger partial charge is 0.465 e. The Hall–Kier alpha value is -2.84. The van der Waals surface area contributed by atoms with E-state index in [0.29, 0.717) is 17.1 Å². The predicted molar refractivity (Wildman–Crippen MR) is 107 cm³/mol. The van der Waals surface area contributed by atoms with Crippen molar-refractivity contribution in [2.75, 3.05) is 11.8 Å². The molecule has 0 aliphatic rings. The molecule has 1 heterocycles. The summed E-state index contributed by atoms with van der Waals surface area (Å²) in [5.74, 6) is -0.655. The van der Waals surface area contributed by atoms with Crippen LogP contribution in [0.2, 0.25) is 5.02 Å². The summed E-state index contributed by atoms with van der Waals surface area (Å²) in [7, 11) is -2.85. The van der Waals surface area contributed by atoms with Crippen LogP contribution in [0.1, 0.15) is 21.7 Å². The molecule has 0 fully saturated rings. The number of hydrogen-bond acceptors (Lipinski definition) is 5. The number of aryl methyl sites for hydroxylation is 1. The second-order valence-corrected chi connectivity index (χ2v) is 8.09. The van der Waals surface area contributed by atoms with Gasteiger partial charge in [0.15, 0.2) is 0 Å². The molecule has 2 aromatic carbocycles. The highest BCUT2D eigenvalue weighted by atomic mass is 35.5. The van der Waals surface area contributed by atoms with Gasteiger partial charge in [0.2, 0.25) is 0 Å². The fourth-order valence-corrected chi connectivity index (χ4v) is 4.46. The molecule has 3 aromatic rings. The molecule has 1 aromatic heterocycles. The van der Waals surface area contributed by atoms with Crippen molar-refractivity contribution in [1.82, 2.24) is 9.78 Å². The van der Waals surface area contributed by atoms with E-state index >= 15 is 0 Å². The van der Waals surface area contributed by atoms with Crippen molar-refractivity contribution in [3.05, 3.63) is 70.5 Å². The molecule has 0 atom stereocenters. The molecule has 0 spiro atoms. The summed E-state index contributed by atoms with van der Waals surface area (Å²) < 4.78 is 34.7. The summed E-state index contributed by atoms with van der Waals surface area (Å²) in [5, 5.41) is 4.41. The van der Waals surface area contributed by atoms with Crippen molar-refractivity contribution in [1.29, 1.82) is 0 Å². The lowest BCUT2D eigenvalue weighted by molar-refractivity contribution is 0.0600. The standard InChI is InChI=1S/C19H18ClN3O4S/c1-12-18(13(2)23(21-12)15-7-5-4-6-8-15)22-28(25,26)17-11-14(19(24)27-3)9-10-16(17)20/h4-11,22H,1-3H3. The van der Waals surface area contributed by atoms with Gasteiger partial charge in [0, 0.05) is 0 Å². The lowest BCUT2D eigenvalue weighted by Gasteiger charge is -2.11. The average molecular weight is 420 g/mol. The van der Waals surface area contributed by atoms with E-state index in [0.717, 1.165) is 5.69 Å². The molecule has 9 heteroatoms. The number of halogens is 1. The number of carbonyl (C=O) groups excluding carboxylic acids is 1. The zero-order valence-corrected chi connectivity index (χ0v) is 17.0. The molecule has 7 nitrogen and oxygen atoms in total. The third kappa shape index (κ3) is 3.74. The molecular formula is C19H18ClN3O4S. The number of methoxy groups -OCH3 is 1. The maximum atomic E-state index is 13.0. The minimum atomic E-state index is -4.07. The number of anilines is 1. The van der Waals surface area contributed by atoms with E-state index in [1.807, 2.05) is 30.3 Å². The van der Waals surface area contributed by atoms with Gasteiger partial charge in [-0.2, -0.15) is 5.10 Å². The maximum Gasteiger partial charge on any atom is 0.337 e. The minimum absolute atomic E-state index is 0.00842. The van der Waals surface area contributed by atoms with Crippen LogP contribution in [0.4, 0.5) is 5.69 Å². The van der Waals surface area contributed by atoms with Crippen molar-refractivity contribution in [2.45, 2.75) is 18.7 Å². The fraction of sp³-hybridized carbons (Fsp3) is 0.158. The number of nitrogens with one attached hydrogen (secondary N) is 1. The predicted octanol–water partition coefficient (Wildman–Crippen LogP) is 3.73. The number of sulfonamides is 1. The molecule has 0 radical (unpaired) electrons. The van der Waals surface area contributed by atoms with Gasteiger partial charge in [-0.15, -0.1) is 0 Å². The summed E-state index contributed by atoms with van der Waals surface area (Å²) in [5.41, 5.74) is 2.36. The van der Waals surface area contributed by atoms with Crippen LogP contribution in [-0.2, 0) is 14.8 Å². The molecular weight excluding hydrogens is 402 g/mol. The molecule has 0 amide bonds. The number of rotatable bonds is 5. The summed E-state index contributed by atoms with van der Waals surface area (Å²) in [4.78, 5) is 11.5. The molecule has 146 valence electrons. The molecule has 0 unspecified atom stereocenters. The molecule has 0 aliphatic heterocycles. The zero-order chi connectivity index (χ0) is 20.5. The Morgan fingerprint density at radius 3 is 2.46 bits per heavy atom. The van der Waals surface area contributed by atoms with E-state index in [1.54, 1.807) is 18.5 Å². The Balaban J connectivity index is 2.03. The van der Waals surface area contributed by atoms with Gasteiger partial charge < -0.3 is 4.74 Å². The fourth-order valence-electron chi connectivity index (χ4n) is 2.75. The third-order valence-corrected chi connectivity index (χ3v) is 6.00. The molecule has 0 saturated heterocycles. The maximum absolute atomic E-state index is 13.0. The topological polar surface area (TPSA) is 90.3 Å². The molecule has 3 rings (SSSR count). The molecule has 28 heavy (non-hydrogen) atoms. The van der Waals surface area contributed by atoms with Crippen molar-refractivity contribution in [2.24, 2.45) is 0 Å². The van der Waals surface area contributed by atoms with Gasteiger partial charge in [-0.05, 0) is 44.2 Å². The SMILES string of the molecule is COC(=O)c1ccc(Cl)c(S(=O)(=O)Nc2c(C)nn(-c3ccccc3)c2C)c1. The van der Waals surface area contributed by atoms with Crippen molar-refractivity contribution in [3.8, 4) is 5.69 Å². The van der Waals surface area contributed by atoms with Gasteiger partial charge >= 0.3 is 5.97 Å².